The summed E-state index contributed by atoms with van der Waals surface area (Å²) in [6, 6.07) is 9.85. The van der Waals surface area contributed by atoms with Gasteiger partial charge >= 0.3 is 0 Å². The molecule has 1 aromatic heterocycles. The molecule has 1 aromatic carbocycles. The van der Waals surface area contributed by atoms with Gasteiger partial charge in [0.25, 0.3) is 0 Å². The fourth-order valence-electron chi connectivity index (χ4n) is 2.91. The zero-order chi connectivity index (χ0) is 14.1. The Hall–Kier alpha value is -1.65. The third kappa shape index (κ3) is 2.37. The average Bonchev–Trinajstić information content (AvgIpc) is 2.96. The van der Waals surface area contributed by atoms with Gasteiger partial charge in [-0.05, 0) is 31.0 Å². The van der Waals surface area contributed by atoms with Gasteiger partial charge in [-0.2, -0.15) is 0 Å². The minimum atomic E-state index is -0.280. The van der Waals surface area contributed by atoms with Crippen molar-refractivity contribution >= 4 is 16.7 Å². The van der Waals surface area contributed by atoms with Gasteiger partial charge in [0.1, 0.15) is 5.82 Å². The number of benzene rings is 1. The number of fused-ring (bicyclic) bond motifs is 1. The third-order valence-electron chi connectivity index (χ3n) is 4.19. The molecule has 1 aliphatic rings. The smallest absolute Gasteiger partial charge is 0.129 e. The van der Waals surface area contributed by atoms with E-state index in [0.29, 0.717) is 5.92 Å². The Morgan fingerprint density at radius 2 is 2.20 bits per heavy atom. The Kier molecular flexibility index (Phi) is 3.59. The van der Waals surface area contributed by atoms with Crippen LogP contribution in [0.4, 0.5) is 5.82 Å². The Morgan fingerprint density at radius 1 is 1.40 bits per heavy atom. The number of anilines is 1. The summed E-state index contributed by atoms with van der Waals surface area (Å²) in [5, 5.41) is 20.3. The third-order valence-corrected chi connectivity index (χ3v) is 4.19. The van der Waals surface area contributed by atoms with Crippen LogP contribution >= 0.6 is 0 Å². The molecule has 3 rings (SSSR count). The summed E-state index contributed by atoms with van der Waals surface area (Å²) >= 11 is 0. The van der Waals surface area contributed by atoms with E-state index in [1.54, 1.807) is 0 Å². The van der Waals surface area contributed by atoms with Crippen molar-refractivity contribution in [1.29, 1.82) is 0 Å². The average molecular weight is 272 g/mol. The molecule has 2 atom stereocenters. The molecule has 2 unspecified atom stereocenters. The number of aromatic nitrogens is 1. The second kappa shape index (κ2) is 5.38. The predicted octanol–water partition coefficient (Wildman–Crippen LogP) is 1.93. The Bertz CT molecular complexity index is 612. The van der Waals surface area contributed by atoms with E-state index in [0.717, 1.165) is 41.8 Å². The van der Waals surface area contributed by atoms with Crippen molar-refractivity contribution in [1.82, 2.24) is 4.98 Å². The number of para-hydroxylation sites is 1. The zero-order valence-electron chi connectivity index (χ0n) is 11.7. The molecule has 0 amide bonds. The first-order valence-electron chi connectivity index (χ1n) is 7.11. The molecule has 106 valence electrons. The minimum absolute atomic E-state index is 0.0176. The number of aliphatic hydroxyl groups excluding tert-OH is 2. The van der Waals surface area contributed by atoms with Gasteiger partial charge in [0.2, 0.25) is 0 Å². The maximum atomic E-state index is 9.70. The molecule has 20 heavy (non-hydrogen) atoms. The van der Waals surface area contributed by atoms with Crippen molar-refractivity contribution in [2.45, 2.75) is 26.1 Å². The first-order valence-corrected chi connectivity index (χ1v) is 7.11. The van der Waals surface area contributed by atoms with E-state index in [1.165, 1.54) is 0 Å². The Balaban J connectivity index is 1.96. The highest BCUT2D eigenvalue weighted by Crippen LogP contribution is 2.28. The van der Waals surface area contributed by atoms with Crippen LogP contribution in [0.5, 0.6) is 0 Å². The van der Waals surface area contributed by atoms with Crippen LogP contribution in [0.25, 0.3) is 10.9 Å². The summed E-state index contributed by atoms with van der Waals surface area (Å²) in [6.45, 7) is 3.60. The van der Waals surface area contributed by atoms with Gasteiger partial charge < -0.3 is 15.1 Å². The molecule has 1 fully saturated rings. The molecular formula is C16H20N2O2. The van der Waals surface area contributed by atoms with Crippen LogP contribution in [0.2, 0.25) is 0 Å². The highest BCUT2D eigenvalue weighted by atomic mass is 16.3. The van der Waals surface area contributed by atoms with Gasteiger partial charge in [-0.1, -0.05) is 18.2 Å². The highest BCUT2D eigenvalue weighted by molar-refractivity contribution is 5.84. The van der Waals surface area contributed by atoms with Gasteiger partial charge in [-0.3, -0.25) is 0 Å². The second-order valence-electron chi connectivity index (χ2n) is 5.55. The van der Waals surface area contributed by atoms with Crippen molar-refractivity contribution in [2.24, 2.45) is 5.92 Å². The van der Waals surface area contributed by atoms with Gasteiger partial charge in [-0.25, -0.2) is 4.98 Å². The van der Waals surface area contributed by atoms with Gasteiger partial charge in [0.15, 0.2) is 0 Å². The topological polar surface area (TPSA) is 56.6 Å². The maximum Gasteiger partial charge on any atom is 0.129 e. The van der Waals surface area contributed by atoms with E-state index in [-0.39, 0.29) is 12.7 Å². The van der Waals surface area contributed by atoms with Crippen LogP contribution in [0.3, 0.4) is 0 Å². The Labute approximate surface area is 118 Å². The quantitative estimate of drug-likeness (QED) is 0.896. The number of aliphatic hydroxyl groups is 2. The normalized spacial score (nSPS) is 20.6. The van der Waals surface area contributed by atoms with E-state index in [2.05, 4.69) is 4.90 Å². The van der Waals surface area contributed by atoms with Crippen molar-refractivity contribution in [3.05, 3.63) is 35.9 Å². The monoisotopic (exact) mass is 272 g/mol. The van der Waals surface area contributed by atoms with Gasteiger partial charge in [-0.15, -0.1) is 0 Å². The van der Waals surface area contributed by atoms with Crippen molar-refractivity contribution in [2.75, 3.05) is 18.0 Å². The molecular weight excluding hydrogens is 252 g/mol. The summed E-state index contributed by atoms with van der Waals surface area (Å²) in [6.07, 6.45) is 0.707. The van der Waals surface area contributed by atoms with Crippen LogP contribution in [0.15, 0.2) is 30.3 Å². The van der Waals surface area contributed by atoms with Crippen molar-refractivity contribution < 1.29 is 10.2 Å². The lowest BCUT2D eigenvalue weighted by molar-refractivity contribution is 0.136. The summed E-state index contributed by atoms with van der Waals surface area (Å²) in [5.74, 6) is 1.21. The molecule has 1 aliphatic heterocycles. The molecule has 4 nitrogen and oxygen atoms in total. The number of pyridine rings is 1. The van der Waals surface area contributed by atoms with Crippen LogP contribution in [-0.4, -0.2) is 34.4 Å². The second-order valence-corrected chi connectivity index (χ2v) is 5.55. The first-order chi connectivity index (χ1) is 9.69. The van der Waals surface area contributed by atoms with E-state index >= 15 is 0 Å². The summed E-state index contributed by atoms with van der Waals surface area (Å²) in [5.41, 5.74) is 1.82. The lowest BCUT2D eigenvalue weighted by Gasteiger charge is -2.20. The number of hydrogen-bond acceptors (Lipinski definition) is 4. The summed E-state index contributed by atoms with van der Waals surface area (Å²) in [7, 11) is 0. The van der Waals surface area contributed by atoms with Crippen molar-refractivity contribution in [3.8, 4) is 0 Å². The largest absolute Gasteiger partial charge is 0.393 e. The Morgan fingerprint density at radius 3 is 2.90 bits per heavy atom. The molecule has 0 saturated carbocycles. The lowest BCUT2D eigenvalue weighted by Crippen LogP contribution is -2.24. The standard InChI is InChI=1S/C16H20N2O2/c1-11(20)12-6-7-18(9-12)16-8-13(10-19)14-4-2-3-5-15(14)17-16/h2-5,8,11-12,19-20H,6-7,9-10H2,1H3. The van der Waals surface area contributed by atoms with E-state index in [9.17, 15) is 10.2 Å². The lowest BCUT2D eigenvalue weighted by atomic mass is 10.0. The van der Waals surface area contributed by atoms with Crippen LogP contribution in [-0.2, 0) is 6.61 Å². The number of rotatable bonds is 3. The van der Waals surface area contributed by atoms with Gasteiger partial charge in [0, 0.05) is 24.4 Å². The van der Waals surface area contributed by atoms with Crippen molar-refractivity contribution in [3.63, 3.8) is 0 Å². The summed E-state index contributed by atoms with van der Waals surface area (Å²) < 4.78 is 0. The maximum absolute atomic E-state index is 9.70. The molecule has 0 aliphatic carbocycles. The molecule has 0 spiro atoms. The van der Waals surface area contributed by atoms with Crippen LogP contribution in [0, 0.1) is 5.92 Å². The molecule has 4 heteroatoms. The minimum Gasteiger partial charge on any atom is -0.393 e. The molecule has 2 N–H and O–H groups in total. The SMILES string of the molecule is CC(O)C1CCN(c2cc(CO)c3ccccc3n2)C1. The zero-order valence-corrected chi connectivity index (χ0v) is 11.7. The molecule has 0 radical (unpaired) electrons. The molecule has 0 bridgehead atoms. The van der Waals surface area contributed by atoms with Gasteiger partial charge in [0.05, 0.1) is 18.2 Å². The van der Waals surface area contributed by atoms with Crippen LogP contribution < -0.4 is 4.90 Å². The fourth-order valence-corrected chi connectivity index (χ4v) is 2.91. The molecule has 1 saturated heterocycles. The molecule has 2 heterocycles. The predicted molar refractivity (Wildman–Crippen MR) is 79.7 cm³/mol. The molecule has 2 aromatic rings. The summed E-state index contributed by atoms with van der Waals surface area (Å²) in [4.78, 5) is 6.89. The van der Waals surface area contributed by atoms with Crippen LogP contribution in [0.1, 0.15) is 18.9 Å². The number of nitrogens with zero attached hydrogens (tertiary/aromatic N) is 2. The number of hydrogen-bond donors (Lipinski definition) is 2. The van der Waals surface area contributed by atoms with E-state index < -0.39 is 0 Å². The highest BCUT2D eigenvalue weighted by Gasteiger charge is 2.27. The fraction of sp³-hybridized carbons (Fsp3) is 0.438. The first kappa shape index (κ1) is 13.3. The van der Waals surface area contributed by atoms with E-state index in [1.807, 2.05) is 37.3 Å². The van der Waals surface area contributed by atoms with E-state index in [4.69, 9.17) is 4.98 Å².